The minimum Gasteiger partial charge on any atom is -0.478 e. The number of nitriles is 1. The van der Waals surface area contributed by atoms with Gasteiger partial charge in [-0.3, -0.25) is 10.3 Å². The monoisotopic (exact) mass is 386 g/mol. The smallest absolute Gasteiger partial charge is 0.328 e. The number of aliphatic carboxylic acids is 2. The summed E-state index contributed by atoms with van der Waals surface area (Å²) in [6, 6.07) is 0. The summed E-state index contributed by atoms with van der Waals surface area (Å²) >= 11 is 3.31. The van der Waals surface area contributed by atoms with Gasteiger partial charge in [0.25, 0.3) is 0 Å². The van der Waals surface area contributed by atoms with E-state index in [-0.39, 0.29) is 0 Å². The Morgan fingerprint density at radius 2 is 2.12 bits per heavy atom. The SMILES string of the molecule is N#CNC=NCCSCc1csc(NCN)n1.O=C(O)/C=C\C(=O)O. The molecule has 0 amide bonds. The molecule has 1 aromatic rings. The predicted molar refractivity (Wildman–Crippen MR) is 97.5 cm³/mol. The van der Waals surface area contributed by atoms with Gasteiger partial charge >= 0.3 is 11.9 Å². The first-order valence-corrected chi connectivity index (χ1v) is 8.76. The summed E-state index contributed by atoms with van der Waals surface area (Å²) in [6.07, 6.45) is 4.29. The Balaban J connectivity index is 0.000000609. The van der Waals surface area contributed by atoms with E-state index in [1.54, 1.807) is 29.3 Å². The standard InChI is InChI=1S/C9H14N6S2.C4H4O4/c10-5-13-7-12-1-2-16-3-8-4-17-9(15-8)14-6-11;5-3(6)1-2-4(7)8/h4,7H,1-3,6,11H2,(H,12,13)(H,14,15);1-2H,(H,5,6)(H,7,8)/b;2-1-. The van der Waals surface area contributed by atoms with Gasteiger partial charge in [0, 0.05) is 35.6 Å². The van der Waals surface area contributed by atoms with Crippen molar-refractivity contribution in [1.29, 1.82) is 5.26 Å². The van der Waals surface area contributed by atoms with Crippen LogP contribution in [0.4, 0.5) is 5.13 Å². The maximum atomic E-state index is 9.55. The second-order valence-electron chi connectivity index (χ2n) is 3.88. The van der Waals surface area contributed by atoms with Crippen molar-refractivity contribution in [3.8, 4) is 6.19 Å². The molecule has 0 spiro atoms. The highest BCUT2D eigenvalue weighted by Gasteiger charge is 2.00. The molecule has 0 radical (unpaired) electrons. The molecule has 6 N–H and O–H groups in total. The largest absolute Gasteiger partial charge is 0.478 e. The number of carboxylic acid groups (broad SMARTS) is 2. The highest BCUT2D eigenvalue weighted by molar-refractivity contribution is 7.98. The fourth-order valence-electron chi connectivity index (χ4n) is 1.12. The number of carbonyl (C=O) groups is 2. The number of nitrogens with two attached hydrogens (primary N) is 1. The summed E-state index contributed by atoms with van der Waals surface area (Å²) in [5.41, 5.74) is 6.41. The molecule has 1 rings (SSSR count). The fraction of sp³-hybridized carbons (Fsp3) is 0.308. The summed E-state index contributed by atoms with van der Waals surface area (Å²) in [6.45, 7) is 1.10. The fourth-order valence-corrected chi connectivity index (χ4v) is 2.68. The first kappa shape index (κ1) is 22.4. The van der Waals surface area contributed by atoms with Gasteiger partial charge in [0.2, 0.25) is 0 Å². The molecule has 0 aliphatic heterocycles. The van der Waals surface area contributed by atoms with E-state index >= 15 is 0 Å². The van der Waals surface area contributed by atoms with Crippen molar-refractivity contribution in [2.24, 2.45) is 10.7 Å². The van der Waals surface area contributed by atoms with E-state index in [9.17, 15) is 9.59 Å². The van der Waals surface area contributed by atoms with Gasteiger partial charge in [0.05, 0.1) is 18.7 Å². The molecule has 12 heteroatoms. The number of thioether (sulfide) groups is 1. The van der Waals surface area contributed by atoms with Crippen LogP contribution >= 0.6 is 23.1 Å². The van der Waals surface area contributed by atoms with Gasteiger partial charge in [-0.15, -0.1) is 11.3 Å². The average molecular weight is 386 g/mol. The van der Waals surface area contributed by atoms with Crippen LogP contribution in [0.2, 0.25) is 0 Å². The van der Waals surface area contributed by atoms with Crippen LogP contribution in [0.25, 0.3) is 0 Å². The maximum absolute atomic E-state index is 9.55. The lowest BCUT2D eigenvalue weighted by Gasteiger charge is -1.96. The molecule has 0 bridgehead atoms. The second-order valence-corrected chi connectivity index (χ2v) is 5.84. The van der Waals surface area contributed by atoms with Gasteiger partial charge in [-0.1, -0.05) is 0 Å². The number of carboxylic acids is 2. The summed E-state index contributed by atoms with van der Waals surface area (Å²) < 4.78 is 0. The van der Waals surface area contributed by atoms with Crippen LogP contribution < -0.4 is 16.4 Å². The Bertz CT molecular complexity index is 610. The zero-order chi connectivity index (χ0) is 18.9. The lowest BCUT2D eigenvalue weighted by molar-refractivity contribution is -0.134. The number of hydrogen-bond donors (Lipinski definition) is 5. The molecular formula is C13H18N6O4S2. The molecule has 136 valence electrons. The van der Waals surface area contributed by atoms with Crippen LogP contribution in [0.15, 0.2) is 22.5 Å². The summed E-state index contributed by atoms with van der Waals surface area (Å²) in [7, 11) is 0. The molecule has 1 aromatic heterocycles. The molecule has 0 unspecified atom stereocenters. The van der Waals surface area contributed by atoms with Crippen molar-refractivity contribution in [3.05, 3.63) is 23.2 Å². The first-order valence-electron chi connectivity index (χ1n) is 6.72. The molecule has 0 fully saturated rings. The molecule has 0 atom stereocenters. The lowest BCUT2D eigenvalue weighted by Crippen LogP contribution is -2.10. The van der Waals surface area contributed by atoms with Crippen molar-refractivity contribution in [2.45, 2.75) is 5.75 Å². The highest BCUT2D eigenvalue weighted by Crippen LogP contribution is 2.18. The number of thiazole rings is 1. The average Bonchev–Trinajstić information content (AvgIpc) is 3.01. The number of nitrogens with one attached hydrogen (secondary N) is 2. The molecule has 0 saturated heterocycles. The van der Waals surface area contributed by atoms with Crippen molar-refractivity contribution >= 4 is 46.5 Å². The Kier molecular flexibility index (Phi) is 13.4. The number of aromatic nitrogens is 1. The zero-order valence-corrected chi connectivity index (χ0v) is 14.7. The molecule has 10 nitrogen and oxygen atoms in total. The molecule has 25 heavy (non-hydrogen) atoms. The third-order valence-corrected chi connectivity index (χ3v) is 3.83. The number of anilines is 1. The van der Waals surface area contributed by atoms with E-state index in [1.807, 2.05) is 5.38 Å². The van der Waals surface area contributed by atoms with Crippen LogP contribution in [0.5, 0.6) is 0 Å². The second kappa shape index (κ2) is 14.9. The predicted octanol–water partition coefficient (Wildman–Crippen LogP) is 0.515. The Labute approximate surface area is 152 Å². The van der Waals surface area contributed by atoms with Crippen LogP contribution in [-0.4, -0.2) is 52.4 Å². The van der Waals surface area contributed by atoms with Crippen LogP contribution in [-0.2, 0) is 15.3 Å². The third-order valence-electron chi connectivity index (χ3n) is 2.01. The quantitative estimate of drug-likeness (QED) is 0.0725. The van der Waals surface area contributed by atoms with Gasteiger partial charge in [-0.2, -0.15) is 17.0 Å². The number of aliphatic imine (C=N–C) groups is 1. The van der Waals surface area contributed by atoms with Crippen molar-refractivity contribution < 1.29 is 19.8 Å². The molecule has 0 aliphatic rings. The third kappa shape index (κ3) is 14.7. The van der Waals surface area contributed by atoms with Crippen molar-refractivity contribution in [1.82, 2.24) is 10.3 Å². The Hall–Kier alpha value is -2.62. The molecule has 0 aromatic carbocycles. The molecule has 0 aliphatic carbocycles. The highest BCUT2D eigenvalue weighted by atomic mass is 32.2. The molecular weight excluding hydrogens is 368 g/mol. The van der Waals surface area contributed by atoms with Crippen LogP contribution in [0, 0.1) is 11.5 Å². The van der Waals surface area contributed by atoms with Gasteiger partial charge in [-0.05, 0) is 0 Å². The van der Waals surface area contributed by atoms with E-state index in [4.69, 9.17) is 21.2 Å². The lowest BCUT2D eigenvalue weighted by atomic mass is 10.5. The van der Waals surface area contributed by atoms with Crippen molar-refractivity contribution in [2.75, 3.05) is 24.3 Å². The van der Waals surface area contributed by atoms with Crippen LogP contribution in [0.1, 0.15) is 5.69 Å². The van der Waals surface area contributed by atoms with Gasteiger partial charge in [0.15, 0.2) is 11.3 Å². The van der Waals surface area contributed by atoms with E-state index in [2.05, 4.69) is 20.6 Å². The number of rotatable bonds is 10. The van der Waals surface area contributed by atoms with E-state index < -0.39 is 11.9 Å². The van der Waals surface area contributed by atoms with Crippen LogP contribution in [0.3, 0.4) is 0 Å². The van der Waals surface area contributed by atoms with E-state index in [0.29, 0.717) is 25.4 Å². The first-order chi connectivity index (χ1) is 12.0. The Morgan fingerprint density at radius 3 is 2.68 bits per heavy atom. The number of nitrogens with zero attached hydrogens (tertiary/aromatic N) is 3. The normalized spacial score (nSPS) is 10.1. The number of hydrogen-bond acceptors (Lipinski definition) is 9. The molecule has 1 heterocycles. The zero-order valence-electron chi connectivity index (χ0n) is 13.1. The maximum Gasteiger partial charge on any atom is 0.328 e. The van der Waals surface area contributed by atoms with Gasteiger partial charge in [0.1, 0.15) is 0 Å². The Morgan fingerprint density at radius 1 is 1.44 bits per heavy atom. The minimum absolute atomic E-state index is 0.403. The minimum atomic E-state index is -1.26. The summed E-state index contributed by atoms with van der Waals surface area (Å²) in [5.74, 6) is -0.745. The summed E-state index contributed by atoms with van der Waals surface area (Å²) in [4.78, 5) is 27.5. The molecule has 0 saturated carbocycles. The topological polar surface area (TPSA) is 174 Å². The van der Waals surface area contributed by atoms with Gasteiger partial charge in [-0.25, -0.2) is 14.6 Å². The van der Waals surface area contributed by atoms with Gasteiger partial charge < -0.3 is 21.3 Å². The van der Waals surface area contributed by atoms with E-state index in [0.717, 1.165) is 22.3 Å². The van der Waals surface area contributed by atoms with Crippen molar-refractivity contribution in [3.63, 3.8) is 0 Å². The summed E-state index contributed by atoms with van der Waals surface area (Å²) in [5, 5.41) is 32.0. The van der Waals surface area contributed by atoms with E-state index in [1.165, 1.54) is 6.34 Å².